The maximum Gasteiger partial charge on any atom is 0.236 e. The average Bonchev–Trinajstić information content (AvgIpc) is 2.77. The number of ether oxygens (including phenoxy) is 1. The molecule has 2 heterocycles. The van der Waals surface area contributed by atoms with Gasteiger partial charge in [0.2, 0.25) is 5.91 Å². The van der Waals surface area contributed by atoms with E-state index in [1.807, 2.05) is 80.3 Å². The van der Waals surface area contributed by atoms with Crippen LogP contribution in [0.2, 0.25) is 0 Å². The number of hydrogen-bond donors (Lipinski definition) is 2. The van der Waals surface area contributed by atoms with Crippen molar-refractivity contribution in [2.24, 2.45) is 5.92 Å². The second-order valence-corrected chi connectivity index (χ2v) is 11.1. The Hall–Kier alpha value is -2.42. The summed E-state index contributed by atoms with van der Waals surface area (Å²) < 4.78 is 8.51. The molecule has 1 fully saturated rings. The number of fused-ring (bicyclic) bond motifs is 4. The Bertz CT molecular complexity index is 1310. The van der Waals surface area contributed by atoms with E-state index < -0.39 is 11.6 Å². The third-order valence-corrected chi connectivity index (χ3v) is 7.79. The Morgan fingerprint density at radius 2 is 1.76 bits per heavy atom. The Labute approximate surface area is 221 Å². The Kier molecular flexibility index (Phi) is 5.94. The van der Waals surface area contributed by atoms with Crippen LogP contribution < -0.4 is 20.3 Å². The summed E-state index contributed by atoms with van der Waals surface area (Å²) in [6.07, 6.45) is 0. The predicted octanol–water partition coefficient (Wildman–Crippen LogP) is 6.63. The molecular weight excluding hydrogens is 578 g/mol. The minimum atomic E-state index is -1.05. The van der Waals surface area contributed by atoms with Gasteiger partial charge in [0.05, 0.1) is 6.04 Å². The van der Waals surface area contributed by atoms with E-state index in [0.29, 0.717) is 5.11 Å². The molecule has 2 N–H and O–H groups in total. The van der Waals surface area contributed by atoms with Crippen molar-refractivity contribution >= 4 is 66.5 Å². The SMILES string of the molecule is Cc1ccc(NC(=O)[C@H]2[C@H]3NC(=S)N(c4ccc(Br)cc4)[C@@]2(C)Oc2ccc(Br)cc23)c(C)c1. The van der Waals surface area contributed by atoms with Crippen LogP contribution in [0.4, 0.5) is 11.4 Å². The zero-order valence-corrected chi connectivity index (χ0v) is 22.8. The largest absolute Gasteiger partial charge is 0.467 e. The van der Waals surface area contributed by atoms with Crippen molar-refractivity contribution in [1.82, 2.24) is 5.32 Å². The van der Waals surface area contributed by atoms with E-state index in [1.165, 1.54) is 0 Å². The minimum Gasteiger partial charge on any atom is -0.467 e. The highest BCUT2D eigenvalue weighted by Crippen LogP contribution is 2.50. The number of carbonyl (C=O) groups excluding carboxylic acids is 1. The third kappa shape index (κ3) is 3.91. The molecule has 0 aliphatic carbocycles. The summed E-state index contributed by atoms with van der Waals surface area (Å²) >= 11 is 12.9. The topological polar surface area (TPSA) is 53.6 Å². The molecule has 174 valence electrons. The molecule has 5 nitrogen and oxygen atoms in total. The van der Waals surface area contributed by atoms with Crippen LogP contribution in [0.3, 0.4) is 0 Å². The molecule has 3 atom stereocenters. The second kappa shape index (κ2) is 8.66. The molecule has 3 aromatic carbocycles. The van der Waals surface area contributed by atoms with E-state index in [1.54, 1.807) is 0 Å². The Morgan fingerprint density at radius 3 is 2.47 bits per heavy atom. The highest BCUT2D eigenvalue weighted by atomic mass is 79.9. The molecule has 5 rings (SSSR count). The fraction of sp³-hybridized carbons (Fsp3) is 0.231. The van der Waals surface area contributed by atoms with Crippen molar-refractivity contribution in [2.75, 3.05) is 10.2 Å². The molecule has 34 heavy (non-hydrogen) atoms. The molecule has 8 heteroatoms. The van der Waals surface area contributed by atoms with Crippen LogP contribution in [0.5, 0.6) is 5.75 Å². The number of hydrogen-bond acceptors (Lipinski definition) is 3. The summed E-state index contributed by atoms with van der Waals surface area (Å²) in [6.45, 7) is 5.97. The Balaban J connectivity index is 1.63. The molecule has 2 bridgehead atoms. The van der Waals surface area contributed by atoms with E-state index in [4.69, 9.17) is 17.0 Å². The zero-order valence-electron chi connectivity index (χ0n) is 18.9. The van der Waals surface area contributed by atoms with Gasteiger partial charge in [-0.3, -0.25) is 9.69 Å². The normalized spacial score (nSPS) is 23.0. The number of amides is 1. The first-order valence-corrected chi connectivity index (χ1v) is 12.9. The first-order valence-electron chi connectivity index (χ1n) is 10.9. The van der Waals surface area contributed by atoms with Crippen molar-refractivity contribution in [3.8, 4) is 5.75 Å². The van der Waals surface area contributed by atoms with Crippen LogP contribution >= 0.6 is 44.1 Å². The fourth-order valence-corrected chi connectivity index (χ4v) is 5.95. The van der Waals surface area contributed by atoms with E-state index in [0.717, 1.165) is 42.8 Å². The van der Waals surface area contributed by atoms with Gasteiger partial charge < -0.3 is 15.4 Å². The monoisotopic (exact) mass is 599 g/mol. The summed E-state index contributed by atoms with van der Waals surface area (Å²) in [5, 5.41) is 7.11. The summed E-state index contributed by atoms with van der Waals surface area (Å²) in [4.78, 5) is 15.8. The summed E-state index contributed by atoms with van der Waals surface area (Å²) in [7, 11) is 0. The predicted molar refractivity (Wildman–Crippen MR) is 146 cm³/mol. The summed E-state index contributed by atoms with van der Waals surface area (Å²) in [5.41, 5.74) is 3.63. The molecule has 0 aromatic heterocycles. The van der Waals surface area contributed by atoms with Gasteiger partial charge in [0, 0.05) is 25.9 Å². The highest BCUT2D eigenvalue weighted by Gasteiger charge is 2.59. The standard InChI is InChI=1S/C26H23Br2N3O2S/c1-14-4-10-20(15(2)12-14)29-24(32)22-23-19-13-17(28)7-11-21(19)33-26(22,3)31(25(34)30-23)18-8-5-16(27)6-9-18/h4-13,22-23H,1-3H3,(H,29,32)(H,30,34)/t22-,23+,26+/m1/s1. The first kappa shape index (κ1) is 23.3. The number of carbonyl (C=O) groups is 1. The van der Waals surface area contributed by atoms with Crippen LogP contribution in [0.15, 0.2) is 69.6 Å². The maximum absolute atomic E-state index is 13.9. The second-order valence-electron chi connectivity index (χ2n) is 8.86. The Morgan fingerprint density at radius 1 is 1.06 bits per heavy atom. The molecule has 1 saturated heterocycles. The van der Waals surface area contributed by atoms with Crippen LogP contribution in [-0.2, 0) is 4.79 Å². The third-order valence-electron chi connectivity index (χ3n) is 6.47. The smallest absolute Gasteiger partial charge is 0.236 e. The minimum absolute atomic E-state index is 0.137. The number of thiocarbonyl (C=S) groups is 1. The van der Waals surface area contributed by atoms with E-state index in [-0.39, 0.29) is 11.9 Å². The summed E-state index contributed by atoms with van der Waals surface area (Å²) in [5.74, 6) is -0.00378. The van der Waals surface area contributed by atoms with E-state index in [2.05, 4.69) is 48.6 Å². The van der Waals surface area contributed by atoms with Gasteiger partial charge in [-0.25, -0.2) is 0 Å². The molecule has 1 amide bonds. The first-order chi connectivity index (χ1) is 16.2. The number of anilines is 2. The molecule has 0 unspecified atom stereocenters. The van der Waals surface area contributed by atoms with Crippen molar-refractivity contribution in [3.63, 3.8) is 0 Å². The van der Waals surface area contributed by atoms with Crippen LogP contribution in [0.25, 0.3) is 0 Å². The quantitative estimate of drug-likeness (QED) is 0.331. The lowest BCUT2D eigenvalue weighted by atomic mass is 9.78. The van der Waals surface area contributed by atoms with Gasteiger partial charge in [0.25, 0.3) is 0 Å². The zero-order chi connectivity index (χ0) is 24.2. The van der Waals surface area contributed by atoms with Crippen LogP contribution in [-0.4, -0.2) is 16.7 Å². The van der Waals surface area contributed by atoms with E-state index in [9.17, 15) is 4.79 Å². The van der Waals surface area contributed by atoms with Crippen molar-refractivity contribution < 1.29 is 9.53 Å². The van der Waals surface area contributed by atoms with E-state index >= 15 is 0 Å². The number of nitrogens with one attached hydrogen (secondary N) is 2. The molecule has 2 aliphatic rings. The van der Waals surface area contributed by atoms with Gasteiger partial charge in [-0.05, 0) is 87.1 Å². The maximum atomic E-state index is 13.9. The lowest BCUT2D eigenvalue weighted by Crippen LogP contribution is -2.72. The van der Waals surface area contributed by atoms with Crippen molar-refractivity contribution in [3.05, 3.63) is 86.3 Å². The number of rotatable bonds is 3. The molecule has 2 aliphatic heterocycles. The van der Waals surface area contributed by atoms with Gasteiger partial charge >= 0.3 is 0 Å². The lowest BCUT2D eigenvalue weighted by Gasteiger charge is -2.56. The van der Waals surface area contributed by atoms with Gasteiger partial charge in [-0.2, -0.15) is 0 Å². The summed E-state index contributed by atoms with van der Waals surface area (Å²) in [6, 6.07) is 19.3. The van der Waals surface area contributed by atoms with Crippen molar-refractivity contribution in [1.29, 1.82) is 0 Å². The molecular formula is C26H23Br2N3O2S. The molecule has 3 aromatic rings. The van der Waals surface area contributed by atoms with Crippen LogP contribution in [0.1, 0.15) is 29.7 Å². The van der Waals surface area contributed by atoms with Gasteiger partial charge in [0.1, 0.15) is 11.7 Å². The van der Waals surface area contributed by atoms with Gasteiger partial charge in [-0.15, -0.1) is 0 Å². The highest BCUT2D eigenvalue weighted by molar-refractivity contribution is 9.10. The molecule has 0 saturated carbocycles. The number of halogens is 2. The lowest BCUT2D eigenvalue weighted by molar-refractivity contribution is -0.130. The molecule has 0 radical (unpaired) electrons. The average molecular weight is 601 g/mol. The van der Waals surface area contributed by atoms with Gasteiger partial charge in [-0.1, -0.05) is 49.6 Å². The van der Waals surface area contributed by atoms with Gasteiger partial charge in [0.15, 0.2) is 10.8 Å². The number of aryl methyl sites for hydroxylation is 2. The fourth-order valence-electron chi connectivity index (χ4n) is 4.90. The van der Waals surface area contributed by atoms with Crippen molar-refractivity contribution in [2.45, 2.75) is 32.5 Å². The molecule has 0 spiro atoms. The van der Waals surface area contributed by atoms with Crippen LogP contribution in [0, 0.1) is 19.8 Å². The number of nitrogens with zero attached hydrogens (tertiary/aromatic N) is 1. The number of benzene rings is 3.